The van der Waals surface area contributed by atoms with Crippen LogP contribution in [-0.2, 0) is 10.2 Å². The van der Waals surface area contributed by atoms with Crippen molar-refractivity contribution in [1.29, 1.82) is 0 Å². The average Bonchev–Trinajstić information content (AvgIpc) is 2.68. The van der Waals surface area contributed by atoms with Gasteiger partial charge in [-0.3, -0.25) is 4.79 Å². The van der Waals surface area contributed by atoms with Gasteiger partial charge in [0.25, 0.3) is 5.91 Å². The summed E-state index contributed by atoms with van der Waals surface area (Å²) in [6.45, 7) is 12.1. The number of rotatable bonds is 8. The zero-order valence-corrected chi connectivity index (χ0v) is 19.8. The van der Waals surface area contributed by atoms with Crippen LogP contribution in [0.25, 0.3) is 0 Å². The summed E-state index contributed by atoms with van der Waals surface area (Å²) in [5, 5.41) is 14.1. The maximum atomic E-state index is 12.0. The molecule has 2 N–H and O–H groups in total. The van der Waals surface area contributed by atoms with Crippen molar-refractivity contribution < 1.29 is 14.6 Å². The van der Waals surface area contributed by atoms with Crippen LogP contribution >= 0.6 is 15.9 Å². The first-order valence-corrected chi connectivity index (χ1v) is 10.8. The Morgan fingerprint density at radius 3 is 2.47 bits per heavy atom. The Bertz CT molecular complexity index is 903. The van der Waals surface area contributed by atoms with E-state index in [2.05, 4.69) is 66.0 Å². The highest BCUT2D eigenvalue weighted by Gasteiger charge is 2.15. The quantitative estimate of drug-likeness (QED) is 0.423. The second-order valence-corrected chi connectivity index (χ2v) is 8.75. The van der Waals surface area contributed by atoms with Crippen LogP contribution in [0.3, 0.4) is 0 Å². The van der Waals surface area contributed by atoms with Crippen LogP contribution in [0.2, 0.25) is 0 Å². The van der Waals surface area contributed by atoms with E-state index < -0.39 is 5.91 Å². The number of halogens is 1. The summed E-state index contributed by atoms with van der Waals surface area (Å²) in [4.78, 5) is 14.1. The summed E-state index contributed by atoms with van der Waals surface area (Å²) >= 11 is 3.49. The van der Waals surface area contributed by atoms with Crippen LogP contribution in [0, 0.1) is 0 Å². The molecule has 7 heteroatoms. The van der Waals surface area contributed by atoms with Crippen molar-refractivity contribution in [1.82, 2.24) is 5.43 Å². The molecule has 0 aliphatic carbocycles. The normalized spacial score (nSPS) is 11.5. The number of carbonyl (C=O) groups is 1. The highest BCUT2D eigenvalue weighted by molar-refractivity contribution is 9.10. The van der Waals surface area contributed by atoms with Gasteiger partial charge in [0.05, 0.1) is 10.7 Å². The zero-order chi connectivity index (χ0) is 22.3. The number of nitrogens with one attached hydrogen (secondary N) is 1. The maximum absolute atomic E-state index is 12.0. The lowest BCUT2D eigenvalue weighted by molar-refractivity contribution is -0.123. The van der Waals surface area contributed by atoms with E-state index in [1.165, 1.54) is 11.8 Å². The second kappa shape index (κ2) is 10.5. The summed E-state index contributed by atoms with van der Waals surface area (Å²) in [5.74, 6) is 0.306. The predicted molar refractivity (Wildman–Crippen MR) is 126 cm³/mol. The fourth-order valence-electron chi connectivity index (χ4n) is 2.86. The minimum absolute atomic E-state index is 0.0300. The van der Waals surface area contributed by atoms with Crippen molar-refractivity contribution in [2.24, 2.45) is 5.10 Å². The molecule has 0 aliphatic heterocycles. The van der Waals surface area contributed by atoms with Gasteiger partial charge >= 0.3 is 0 Å². The summed E-state index contributed by atoms with van der Waals surface area (Å²) in [6.07, 6.45) is 1.41. The fraction of sp³-hybridized carbons (Fsp3) is 0.391. The molecule has 0 heterocycles. The number of amides is 1. The summed E-state index contributed by atoms with van der Waals surface area (Å²) in [6, 6.07) is 11.2. The molecule has 0 aliphatic rings. The van der Waals surface area contributed by atoms with Crippen molar-refractivity contribution in [3.63, 3.8) is 0 Å². The smallest absolute Gasteiger partial charge is 0.277 e. The van der Waals surface area contributed by atoms with Gasteiger partial charge in [-0.2, -0.15) is 5.10 Å². The monoisotopic (exact) mass is 475 g/mol. The van der Waals surface area contributed by atoms with Crippen molar-refractivity contribution in [3.8, 4) is 11.5 Å². The molecule has 0 atom stereocenters. The molecular formula is C23H30BrN3O3. The molecule has 0 spiro atoms. The number of aromatic hydroxyl groups is 1. The summed E-state index contributed by atoms with van der Waals surface area (Å²) in [7, 11) is 0. The van der Waals surface area contributed by atoms with E-state index in [4.69, 9.17) is 4.74 Å². The van der Waals surface area contributed by atoms with Gasteiger partial charge in [0.15, 0.2) is 6.61 Å². The molecule has 2 aromatic rings. The number of hydrogen-bond donors (Lipinski definition) is 2. The van der Waals surface area contributed by atoms with E-state index in [-0.39, 0.29) is 17.8 Å². The molecule has 30 heavy (non-hydrogen) atoms. The Labute approximate surface area is 187 Å². The van der Waals surface area contributed by atoms with Crippen molar-refractivity contribution in [3.05, 3.63) is 52.0 Å². The first kappa shape index (κ1) is 23.7. The number of nitrogens with zero attached hydrogens (tertiary/aromatic N) is 2. The van der Waals surface area contributed by atoms with Crippen molar-refractivity contribution in [2.45, 2.75) is 40.0 Å². The number of carbonyl (C=O) groups excluding carboxylic acids is 1. The topological polar surface area (TPSA) is 74.2 Å². The van der Waals surface area contributed by atoms with Gasteiger partial charge in [-0.25, -0.2) is 5.43 Å². The lowest BCUT2D eigenvalue weighted by atomic mass is 9.87. The van der Waals surface area contributed by atoms with Crippen LogP contribution in [0.15, 0.2) is 46.0 Å². The van der Waals surface area contributed by atoms with Crippen molar-refractivity contribution >= 4 is 33.7 Å². The third kappa shape index (κ3) is 6.49. The number of benzene rings is 2. The first-order valence-electron chi connectivity index (χ1n) is 9.98. The van der Waals surface area contributed by atoms with Gasteiger partial charge in [0.1, 0.15) is 11.5 Å². The highest BCUT2D eigenvalue weighted by Crippen LogP contribution is 2.31. The Kier molecular flexibility index (Phi) is 8.29. The van der Waals surface area contributed by atoms with Gasteiger partial charge < -0.3 is 14.7 Å². The Hall–Kier alpha value is -2.54. The van der Waals surface area contributed by atoms with Crippen LogP contribution in [0.1, 0.15) is 45.7 Å². The number of anilines is 1. The predicted octanol–water partition coefficient (Wildman–Crippen LogP) is 4.83. The second-order valence-electron chi connectivity index (χ2n) is 7.89. The number of hydrogen-bond acceptors (Lipinski definition) is 5. The molecule has 162 valence electrons. The summed E-state index contributed by atoms with van der Waals surface area (Å²) in [5.41, 5.74) is 5.07. The van der Waals surface area contributed by atoms with Crippen LogP contribution in [-0.4, -0.2) is 36.9 Å². The van der Waals surface area contributed by atoms with Gasteiger partial charge in [-0.1, -0.05) is 26.8 Å². The lowest BCUT2D eigenvalue weighted by Crippen LogP contribution is -2.24. The highest BCUT2D eigenvalue weighted by atomic mass is 79.9. The van der Waals surface area contributed by atoms with Crippen LogP contribution in [0.5, 0.6) is 11.5 Å². The minimum Gasteiger partial charge on any atom is -0.507 e. The number of phenolic OH excluding ortho intramolecular Hbond substituents is 1. The zero-order valence-electron chi connectivity index (χ0n) is 18.2. The molecule has 2 aromatic carbocycles. The molecular weight excluding hydrogens is 446 g/mol. The van der Waals surface area contributed by atoms with E-state index >= 15 is 0 Å². The molecule has 0 radical (unpaired) electrons. The van der Waals surface area contributed by atoms with Gasteiger partial charge in [0.2, 0.25) is 0 Å². The fourth-order valence-corrected chi connectivity index (χ4v) is 3.35. The standard InChI is InChI=1S/C23H30BrN3O3/c1-6-27(7-2)18-10-8-16(20(28)13-18)14-25-26-22(29)15-30-21-11-9-17(12-19(21)24)23(3,4)5/h8-14,28H,6-7,15H2,1-5H3,(H,26,29)/b25-14-. The molecule has 1 amide bonds. The molecule has 2 rings (SSSR count). The Morgan fingerprint density at radius 2 is 1.90 bits per heavy atom. The molecule has 6 nitrogen and oxygen atoms in total. The molecule has 0 unspecified atom stereocenters. The van der Waals surface area contributed by atoms with E-state index in [0.29, 0.717) is 11.3 Å². The molecule has 0 saturated heterocycles. The van der Waals surface area contributed by atoms with Crippen LogP contribution < -0.4 is 15.1 Å². The number of phenols is 1. The Balaban J connectivity index is 1.91. The number of hydrazone groups is 1. The largest absolute Gasteiger partial charge is 0.507 e. The van der Waals surface area contributed by atoms with Gasteiger partial charge in [-0.15, -0.1) is 0 Å². The maximum Gasteiger partial charge on any atom is 0.277 e. The average molecular weight is 476 g/mol. The molecule has 0 fully saturated rings. The van der Waals surface area contributed by atoms with E-state index in [0.717, 1.165) is 23.2 Å². The molecule has 0 saturated carbocycles. The van der Waals surface area contributed by atoms with Gasteiger partial charge in [-0.05, 0) is 65.0 Å². The first-order chi connectivity index (χ1) is 14.2. The SMILES string of the molecule is CCN(CC)c1ccc(/C=N\NC(=O)COc2ccc(C(C)(C)C)cc2Br)c(O)c1. The van der Waals surface area contributed by atoms with E-state index in [9.17, 15) is 9.90 Å². The number of ether oxygens (including phenoxy) is 1. The van der Waals surface area contributed by atoms with E-state index in [1.807, 2.05) is 24.3 Å². The lowest BCUT2D eigenvalue weighted by Gasteiger charge is -2.21. The molecule has 0 aromatic heterocycles. The van der Waals surface area contributed by atoms with Crippen molar-refractivity contribution in [2.75, 3.05) is 24.6 Å². The third-order valence-electron chi connectivity index (χ3n) is 4.69. The van der Waals surface area contributed by atoms with Gasteiger partial charge in [0, 0.05) is 30.4 Å². The Morgan fingerprint density at radius 1 is 1.20 bits per heavy atom. The van der Waals surface area contributed by atoms with E-state index in [1.54, 1.807) is 12.1 Å². The minimum atomic E-state index is -0.391. The molecule has 0 bridgehead atoms. The van der Waals surface area contributed by atoms with Crippen LogP contribution in [0.4, 0.5) is 5.69 Å². The third-order valence-corrected chi connectivity index (χ3v) is 5.31. The summed E-state index contributed by atoms with van der Waals surface area (Å²) < 4.78 is 6.37.